The number of hydrogen-bond donors (Lipinski definition) is 0. The number of aromatic nitrogens is 2. The summed E-state index contributed by atoms with van der Waals surface area (Å²) in [6, 6.07) is 3.74. The topological polar surface area (TPSA) is 34.9 Å². The molecule has 0 saturated heterocycles. The SMILES string of the molecule is O=c1c(I)cncn1Cc1ccc(Cl)s1. The predicted octanol–water partition coefficient (Wildman–Crippen LogP) is 2.61. The lowest BCUT2D eigenvalue weighted by Crippen LogP contribution is -2.22. The first-order valence-electron chi connectivity index (χ1n) is 4.11. The zero-order valence-corrected chi connectivity index (χ0v) is 11.2. The van der Waals surface area contributed by atoms with Crippen LogP contribution in [0.15, 0.2) is 29.5 Å². The van der Waals surface area contributed by atoms with Crippen LogP contribution in [-0.4, -0.2) is 9.55 Å². The Balaban J connectivity index is 2.32. The summed E-state index contributed by atoms with van der Waals surface area (Å²) in [6.45, 7) is 0.528. The lowest BCUT2D eigenvalue weighted by atomic mass is 10.4. The van der Waals surface area contributed by atoms with Gasteiger partial charge in [0.2, 0.25) is 0 Å². The quantitative estimate of drug-likeness (QED) is 0.779. The second-order valence-electron chi connectivity index (χ2n) is 2.88. The number of nitrogens with zero attached hydrogens (tertiary/aromatic N) is 2. The van der Waals surface area contributed by atoms with E-state index in [9.17, 15) is 4.79 Å². The largest absolute Gasteiger partial charge is 0.293 e. The molecule has 2 aromatic rings. The Morgan fingerprint density at radius 3 is 3.00 bits per heavy atom. The van der Waals surface area contributed by atoms with Gasteiger partial charge in [-0.15, -0.1) is 11.3 Å². The summed E-state index contributed by atoms with van der Waals surface area (Å²) in [5.74, 6) is 0. The van der Waals surface area contributed by atoms with E-state index in [1.807, 2.05) is 34.7 Å². The first kappa shape index (κ1) is 11.1. The second-order valence-corrected chi connectivity index (χ2v) is 5.84. The van der Waals surface area contributed by atoms with Crippen molar-refractivity contribution in [3.05, 3.63) is 47.8 Å². The van der Waals surface area contributed by atoms with Crippen LogP contribution in [-0.2, 0) is 6.54 Å². The molecule has 0 N–H and O–H groups in total. The average molecular weight is 353 g/mol. The van der Waals surface area contributed by atoms with Gasteiger partial charge in [0.05, 0.1) is 20.8 Å². The molecule has 0 aliphatic heterocycles. The first-order chi connectivity index (χ1) is 7.16. The van der Waals surface area contributed by atoms with Gasteiger partial charge in [-0.25, -0.2) is 4.98 Å². The summed E-state index contributed by atoms with van der Waals surface area (Å²) in [4.78, 5) is 16.7. The van der Waals surface area contributed by atoms with E-state index >= 15 is 0 Å². The van der Waals surface area contributed by atoms with E-state index in [4.69, 9.17) is 11.6 Å². The number of hydrogen-bond acceptors (Lipinski definition) is 3. The minimum absolute atomic E-state index is 0.0184. The third-order valence-electron chi connectivity index (χ3n) is 1.81. The van der Waals surface area contributed by atoms with Gasteiger partial charge in [0.25, 0.3) is 5.56 Å². The van der Waals surface area contributed by atoms with Crippen molar-refractivity contribution in [3.63, 3.8) is 0 Å². The Hall–Kier alpha value is -0.400. The Morgan fingerprint density at radius 1 is 1.53 bits per heavy atom. The average Bonchev–Trinajstić information content (AvgIpc) is 2.59. The molecule has 0 radical (unpaired) electrons. The lowest BCUT2D eigenvalue weighted by Gasteiger charge is -2.02. The van der Waals surface area contributed by atoms with Gasteiger partial charge in [0.1, 0.15) is 0 Å². The molecule has 0 aliphatic rings. The fourth-order valence-electron chi connectivity index (χ4n) is 1.14. The zero-order valence-electron chi connectivity index (χ0n) is 7.48. The minimum Gasteiger partial charge on any atom is -0.293 e. The normalized spacial score (nSPS) is 10.5. The molecule has 2 rings (SSSR count). The summed E-state index contributed by atoms with van der Waals surface area (Å²) in [7, 11) is 0. The second kappa shape index (κ2) is 4.63. The van der Waals surface area contributed by atoms with Crippen LogP contribution in [0.5, 0.6) is 0 Å². The van der Waals surface area contributed by atoms with Crippen molar-refractivity contribution in [2.75, 3.05) is 0 Å². The van der Waals surface area contributed by atoms with Crippen molar-refractivity contribution >= 4 is 45.5 Å². The van der Waals surface area contributed by atoms with E-state index in [0.717, 1.165) is 9.21 Å². The van der Waals surface area contributed by atoms with Gasteiger partial charge in [-0.2, -0.15) is 0 Å². The van der Waals surface area contributed by atoms with Crippen molar-refractivity contribution in [2.24, 2.45) is 0 Å². The maximum Gasteiger partial charge on any atom is 0.267 e. The van der Waals surface area contributed by atoms with E-state index in [1.165, 1.54) is 17.7 Å². The van der Waals surface area contributed by atoms with Gasteiger partial charge in [-0.1, -0.05) is 11.6 Å². The molecule has 78 valence electrons. The monoisotopic (exact) mass is 352 g/mol. The van der Waals surface area contributed by atoms with E-state index < -0.39 is 0 Å². The molecule has 0 atom stereocenters. The first-order valence-corrected chi connectivity index (χ1v) is 6.38. The highest BCUT2D eigenvalue weighted by atomic mass is 127. The van der Waals surface area contributed by atoms with E-state index in [2.05, 4.69) is 4.98 Å². The van der Waals surface area contributed by atoms with Crippen molar-refractivity contribution in [2.45, 2.75) is 6.54 Å². The van der Waals surface area contributed by atoms with E-state index in [1.54, 1.807) is 10.8 Å². The molecule has 6 heteroatoms. The zero-order chi connectivity index (χ0) is 10.8. The van der Waals surface area contributed by atoms with Crippen molar-refractivity contribution in [3.8, 4) is 0 Å². The van der Waals surface area contributed by atoms with E-state index in [-0.39, 0.29) is 5.56 Å². The smallest absolute Gasteiger partial charge is 0.267 e. The molecule has 0 bridgehead atoms. The molecule has 0 saturated carbocycles. The number of rotatable bonds is 2. The molecule has 3 nitrogen and oxygen atoms in total. The molecule has 0 aliphatic carbocycles. The lowest BCUT2D eigenvalue weighted by molar-refractivity contribution is 0.739. The summed E-state index contributed by atoms with van der Waals surface area (Å²) in [5.41, 5.74) is -0.0184. The maximum absolute atomic E-state index is 11.7. The van der Waals surface area contributed by atoms with Crippen LogP contribution >= 0.6 is 45.5 Å². The van der Waals surface area contributed by atoms with Crippen LogP contribution in [0.2, 0.25) is 4.34 Å². The fraction of sp³-hybridized carbons (Fsp3) is 0.111. The fourth-order valence-corrected chi connectivity index (χ4v) is 2.70. The molecule has 2 heterocycles. The van der Waals surface area contributed by atoms with Crippen LogP contribution in [0.4, 0.5) is 0 Å². The summed E-state index contributed by atoms with van der Waals surface area (Å²) in [6.07, 6.45) is 3.10. The molecule has 15 heavy (non-hydrogen) atoms. The molecule has 2 aromatic heterocycles. The Kier molecular flexibility index (Phi) is 3.42. The van der Waals surface area contributed by atoms with Crippen LogP contribution in [0.1, 0.15) is 4.88 Å². The molecule has 0 spiro atoms. The highest BCUT2D eigenvalue weighted by Crippen LogP contribution is 2.21. The molecular formula is C9H6ClIN2OS. The summed E-state index contributed by atoms with van der Waals surface area (Å²) < 4.78 is 2.93. The van der Waals surface area contributed by atoms with Gasteiger partial charge in [0, 0.05) is 11.1 Å². The predicted molar refractivity (Wildman–Crippen MR) is 69.6 cm³/mol. The Labute approximate surface area is 109 Å². The van der Waals surface area contributed by atoms with Gasteiger partial charge in [-0.05, 0) is 34.7 Å². The Morgan fingerprint density at radius 2 is 2.33 bits per heavy atom. The molecular weight excluding hydrogens is 347 g/mol. The summed E-state index contributed by atoms with van der Waals surface area (Å²) in [5, 5.41) is 0. The van der Waals surface area contributed by atoms with Gasteiger partial charge < -0.3 is 0 Å². The Bertz CT molecular complexity index is 537. The van der Waals surface area contributed by atoms with Crippen molar-refractivity contribution in [1.82, 2.24) is 9.55 Å². The van der Waals surface area contributed by atoms with Crippen LogP contribution < -0.4 is 5.56 Å². The summed E-state index contributed by atoms with van der Waals surface area (Å²) >= 11 is 9.26. The van der Waals surface area contributed by atoms with Crippen molar-refractivity contribution < 1.29 is 0 Å². The van der Waals surface area contributed by atoms with Crippen molar-refractivity contribution in [1.29, 1.82) is 0 Å². The third-order valence-corrected chi connectivity index (χ3v) is 3.77. The number of thiophene rings is 1. The van der Waals surface area contributed by atoms with E-state index in [0.29, 0.717) is 10.1 Å². The number of halogens is 2. The van der Waals surface area contributed by atoms with Crippen LogP contribution in [0.25, 0.3) is 0 Å². The van der Waals surface area contributed by atoms with Gasteiger partial charge >= 0.3 is 0 Å². The molecule has 0 amide bonds. The molecule has 0 fully saturated rings. The molecule has 0 aromatic carbocycles. The minimum atomic E-state index is -0.0184. The molecule has 0 unspecified atom stereocenters. The van der Waals surface area contributed by atoms with Gasteiger partial charge in [-0.3, -0.25) is 9.36 Å². The third kappa shape index (κ3) is 2.59. The van der Waals surface area contributed by atoms with Crippen LogP contribution in [0.3, 0.4) is 0 Å². The highest BCUT2D eigenvalue weighted by Gasteiger charge is 2.03. The van der Waals surface area contributed by atoms with Gasteiger partial charge in [0.15, 0.2) is 0 Å². The standard InChI is InChI=1S/C9H6ClIN2OS/c10-8-2-1-6(15-8)4-13-5-12-3-7(11)9(13)14/h1-3,5H,4H2. The maximum atomic E-state index is 11.7. The van der Waals surface area contributed by atoms with Crippen LogP contribution in [0, 0.1) is 3.57 Å². The highest BCUT2D eigenvalue weighted by molar-refractivity contribution is 14.1.